The number of halogens is 2. The van der Waals surface area contributed by atoms with E-state index in [1.807, 2.05) is 23.1 Å². The van der Waals surface area contributed by atoms with Crippen LogP contribution >= 0.6 is 11.3 Å². The number of anilines is 3. The van der Waals surface area contributed by atoms with E-state index in [0.29, 0.717) is 22.3 Å². The lowest BCUT2D eigenvalue weighted by Crippen LogP contribution is -2.47. The molecule has 1 fully saturated rings. The molecular weight excluding hydrogens is 484 g/mol. The first kappa shape index (κ1) is 24.0. The van der Waals surface area contributed by atoms with Crippen LogP contribution in [0.15, 0.2) is 48.7 Å². The molecular formula is C25H25F2N7OS. The lowest BCUT2D eigenvalue weighted by Gasteiger charge is -2.34. The third kappa shape index (κ3) is 5.74. The highest BCUT2D eigenvalue weighted by atomic mass is 32.1. The van der Waals surface area contributed by atoms with Crippen molar-refractivity contribution in [1.82, 2.24) is 24.8 Å². The second-order valence-corrected chi connectivity index (χ2v) is 9.56. The Morgan fingerprint density at radius 3 is 2.64 bits per heavy atom. The average Bonchev–Trinajstić information content (AvgIpc) is 3.25. The molecule has 3 aromatic heterocycles. The van der Waals surface area contributed by atoms with Crippen LogP contribution in [-0.4, -0.2) is 56.8 Å². The first-order valence-electron chi connectivity index (χ1n) is 11.6. The maximum absolute atomic E-state index is 13.9. The Morgan fingerprint density at radius 2 is 1.86 bits per heavy atom. The van der Waals surface area contributed by atoms with E-state index >= 15 is 0 Å². The van der Waals surface area contributed by atoms with Crippen LogP contribution in [0.3, 0.4) is 0 Å². The first-order valence-corrected chi connectivity index (χ1v) is 12.4. The number of aromatic nitrogens is 3. The van der Waals surface area contributed by atoms with Gasteiger partial charge in [0.2, 0.25) is 5.91 Å². The van der Waals surface area contributed by atoms with Crippen molar-refractivity contribution < 1.29 is 13.6 Å². The fourth-order valence-electron chi connectivity index (χ4n) is 4.05. The van der Waals surface area contributed by atoms with Gasteiger partial charge in [-0.25, -0.2) is 23.7 Å². The van der Waals surface area contributed by atoms with Gasteiger partial charge in [0, 0.05) is 64.0 Å². The standard InChI is InChI=1S/C25H25F2N7OS/c1-16(35)34-10-8-33(9-11-34)15-17-6-7-28-23(12-17)32-25-30-21-4-5-22(31-24(21)36-25)29-14-18-2-3-19(26)13-20(18)27/h2-7,12-13H,8-11,14-15H2,1H3,(H,29,31)(H,28,30,32). The molecule has 1 saturated heterocycles. The molecule has 8 nitrogen and oxygen atoms in total. The summed E-state index contributed by atoms with van der Waals surface area (Å²) in [5.74, 6) is 0.194. The highest BCUT2D eigenvalue weighted by Crippen LogP contribution is 2.28. The number of thiazole rings is 1. The van der Waals surface area contributed by atoms with Crippen molar-refractivity contribution in [3.63, 3.8) is 0 Å². The van der Waals surface area contributed by atoms with Gasteiger partial charge in [-0.1, -0.05) is 17.4 Å². The molecule has 0 saturated carbocycles. The zero-order chi connectivity index (χ0) is 25.1. The molecule has 2 N–H and O–H groups in total. The van der Waals surface area contributed by atoms with Gasteiger partial charge in [0.25, 0.3) is 0 Å². The van der Waals surface area contributed by atoms with Crippen molar-refractivity contribution in [2.45, 2.75) is 20.0 Å². The molecule has 0 atom stereocenters. The molecule has 0 aliphatic carbocycles. The first-order chi connectivity index (χ1) is 17.4. The smallest absolute Gasteiger partial charge is 0.219 e. The number of piperazine rings is 1. The maximum Gasteiger partial charge on any atom is 0.219 e. The third-order valence-corrected chi connectivity index (χ3v) is 6.89. The summed E-state index contributed by atoms with van der Waals surface area (Å²) in [4.78, 5) is 30.0. The average molecular weight is 510 g/mol. The number of nitrogens with zero attached hydrogens (tertiary/aromatic N) is 5. The van der Waals surface area contributed by atoms with Crippen molar-refractivity contribution in [3.05, 3.63) is 71.4 Å². The van der Waals surface area contributed by atoms with Crippen molar-refractivity contribution in [3.8, 4) is 0 Å². The highest BCUT2D eigenvalue weighted by Gasteiger charge is 2.18. The molecule has 1 aliphatic heterocycles. The number of rotatable bonds is 7. The van der Waals surface area contributed by atoms with E-state index in [0.717, 1.165) is 54.7 Å². The molecule has 1 amide bonds. The molecule has 1 aliphatic rings. The van der Waals surface area contributed by atoms with Crippen LogP contribution in [0.25, 0.3) is 10.3 Å². The summed E-state index contributed by atoms with van der Waals surface area (Å²) in [6.07, 6.45) is 1.77. The Bertz CT molecular complexity index is 1390. The van der Waals surface area contributed by atoms with Crippen LogP contribution in [0.4, 0.5) is 25.5 Å². The fraction of sp³-hybridized carbons (Fsp3) is 0.280. The molecule has 4 heterocycles. The van der Waals surface area contributed by atoms with Crippen LogP contribution in [0.2, 0.25) is 0 Å². The molecule has 0 radical (unpaired) electrons. The monoisotopic (exact) mass is 509 g/mol. The molecule has 0 bridgehead atoms. The Hall–Kier alpha value is -3.70. The molecule has 186 valence electrons. The fourth-order valence-corrected chi connectivity index (χ4v) is 4.89. The van der Waals surface area contributed by atoms with Gasteiger partial charge >= 0.3 is 0 Å². The van der Waals surface area contributed by atoms with E-state index in [1.165, 1.54) is 23.5 Å². The second kappa shape index (κ2) is 10.5. The minimum Gasteiger partial charge on any atom is -0.366 e. The molecule has 1 aromatic carbocycles. The molecule has 36 heavy (non-hydrogen) atoms. The SMILES string of the molecule is CC(=O)N1CCN(Cc2ccnc(Nc3nc4ccc(NCc5ccc(F)cc5F)nc4s3)c2)CC1. The number of carbonyl (C=O) groups excluding carboxylic acids is 1. The normalized spacial score (nSPS) is 14.2. The van der Waals surface area contributed by atoms with Crippen molar-refractivity contribution >= 4 is 44.4 Å². The van der Waals surface area contributed by atoms with Crippen LogP contribution in [0.5, 0.6) is 0 Å². The number of benzene rings is 1. The quantitative estimate of drug-likeness (QED) is 0.382. The van der Waals surface area contributed by atoms with Crippen molar-refractivity contribution in [1.29, 1.82) is 0 Å². The minimum atomic E-state index is -0.604. The van der Waals surface area contributed by atoms with Gasteiger partial charge in [0.05, 0.1) is 0 Å². The summed E-state index contributed by atoms with van der Waals surface area (Å²) in [5.41, 5.74) is 2.22. The van der Waals surface area contributed by atoms with Crippen LogP contribution in [-0.2, 0) is 17.9 Å². The maximum atomic E-state index is 13.9. The molecule has 4 aromatic rings. The molecule has 11 heteroatoms. The largest absolute Gasteiger partial charge is 0.366 e. The summed E-state index contributed by atoms with van der Waals surface area (Å²) in [6.45, 7) is 5.78. The summed E-state index contributed by atoms with van der Waals surface area (Å²) in [7, 11) is 0. The number of fused-ring (bicyclic) bond motifs is 1. The summed E-state index contributed by atoms with van der Waals surface area (Å²) in [6, 6.07) is 11.1. The third-order valence-electron chi connectivity index (χ3n) is 6.01. The predicted octanol–water partition coefficient (Wildman–Crippen LogP) is 4.38. The number of carbonyl (C=O) groups is 1. The number of amides is 1. The molecule has 0 unspecified atom stereocenters. The summed E-state index contributed by atoms with van der Waals surface area (Å²) < 4.78 is 27.0. The lowest BCUT2D eigenvalue weighted by molar-refractivity contribution is -0.130. The van der Waals surface area contributed by atoms with E-state index < -0.39 is 11.6 Å². The Labute approximate surface area is 211 Å². The highest BCUT2D eigenvalue weighted by molar-refractivity contribution is 7.21. The molecule has 0 spiro atoms. The number of pyridine rings is 2. The van der Waals surface area contributed by atoms with Crippen LogP contribution < -0.4 is 10.6 Å². The number of hydrogen-bond acceptors (Lipinski definition) is 8. The van der Waals surface area contributed by atoms with Crippen LogP contribution in [0.1, 0.15) is 18.1 Å². The zero-order valence-electron chi connectivity index (χ0n) is 19.7. The predicted molar refractivity (Wildman–Crippen MR) is 136 cm³/mol. The van der Waals surface area contributed by atoms with E-state index in [2.05, 4.69) is 30.5 Å². The van der Waals surface area contributed by atoms with Gasteiger partial charge in [-0.2, -0.15) is 0 Å². The van der Waals surface area contributed by atoms with Gasteiger partial charge in [0.15, 0.2) is 5.13 Å². The van der Waals surface area contributed by atoms with E-state index in [-0.39, 0.29) is 12.5 Å². The zero-order valence-corrected chi connectivity index (χ0v) is 20.5. The number of nitrogens with one attached hydrogen (secondary N) is 2. The van der Waals surface area contributed by atoms with E-state index in [1.54, 1.807) is 19.2 Å². The van der Waals surface area contributed by atoms with E-state index in [4.69, 9.17) is 0 Å². The van der Waals surface area contributed by atoms with Gasteiger partial charge in [-0.05, 0) is 35.9 Å². The minimum absolute atomic E-state index is 0.125. The Balaban J connectivity index is 1.21. The van der Waals surface area contributed by atoms with Gasteiger partial charge < -0.3 is 15.5 Å². The van der Waals surface area contributed by atoms with Crippen molar-refractivity contribution in [2.75, 3.05) is 36.8 Å². The van der Waals surface area contributed by atoms with Crippen LogP contribution in [0, 0.1) is 11.6 Å². The second-order valence-electron chi connectivity index (χ2n) is 8.59. The van der Waals surface area contributed by atoms with Gasteiger partial charge in [0.1, 0.15) is 33.6 Å². The van der Waals surface area contributed by atoms with Gasteiger partial charge in [-0.15, -0.1) is 0 Å². The Morgan fingerprint density at radius 1 is 1.03 bits per heavy atom. The van der Waals surface area contributed by atoms with Crippen molar-refractivity contribution in [2.24, 2.45) is 0 Å². The summed E-state index contributed by atoms with van der Waals surface area (Å²) >= 11 is 1.39. The van der Waals surface area contributed by atoms with Gasteiger partial charge in [-0.3, -0.25) is 9.69 Å². The Kier molecular flexibility index (Phi) is 7.01. The molecule has 5 rings (SSSR count). The lowest BCUT2D eigenvalue weighted by atomic mass is 10.2. The topological polar surface area (TPSA) is 86.3 Å². The number of hydrogen-bond donors (Lipinski definition) is 2. The summed E-state index contributed by atoms with van der Waals surface area (Å²) in [5, 5.41) is 7.00. The van der Waals surface area contributed by atoms with E-state index in [9.17, 15) is 13.6 Å².